The van der Waals surface area contributed by atoms with Crippen molar-refractivity contribution >= 4 is 27.1 Å². The molecule has 1 aromatic heterocycles. The maximum absolute atomic E-state index is 12.1. The first-order chi connectivity index (χ1) is 11.9. The lowest BCUT2D eigenvalue weighted by Crippen LogP contribution is -2.19. The van der Waals surface area contributed by atoms with Crippen molar-refractivity contribution in [3.8, 4) is 0 Å². The Kier molecular flexibility index (Phi) is 4.78. The summed E-state index contributed by atoms with van der Waals surface area (Å²) in [5.41, 5.74) is 2.02. The predicted octanol–water partition coefficient (Wildman–Crippen LogP) is 3.31. The molecule has 0 spiro atoms. The third-order valence-electron chi connectivity index (χ3n) is 3.82. The molecule has 130 valence electrons. The number of nitrogens with one attached hydrogen (secondary N) is 1. The number of nitrogens with two attached hydrogens (primary N) is 1. The molecule has 2 aromatic carbocycles. The van der Waals surface area contributed by atoms with E-state index in [4.69, 9.17) is 9.56 Å². The maximum Gasteiger partial charge on any atom is 0.240 e. The first-order valence-electron chi connectivity index (χ1n) is 7.67. The number of rotatable bonds is 6. The molecule has 0 saturated heterocycles. The van der Waals surface area contributed by atoms with Crippen LogP contribution in [-0.4, -0.2) is 15.5 Å². The Balaban J connectivity index is 1.93. The van der Waals surface area contributed by atoms with Crippen LogP contribution in [0, 0.1) is 0 Å². The van der Waals surface area contributed by atoms with Gasteiger partial charge in [0, 0.05) is 18.4 Å². The van der Waals surface area contributed by atoms with E-state index < -0.39 is 10.0 Å². The van der Waals surface area contributed by atoms with Gasteiger partial charge >= 0.3 is 0 Å². The van der Waals surface area contributed by atoms with Gasteiger partial charge < -0.3 is 14.6 Å². The van der Waals surface area contributed by atoms with Crippen LogP contribution in [0.5, 0.6) is 0 Å². The van der Waals surface area contributed by atoms with Gasteiger partial charge in [-0.3, -0.25) is 0 Å². The second-order valence-electron chi connectivity index (χ2n) is 5.55. The van der Waals surface area contributed by atoms with Gasteiger partial charge in [0.25, 0.3) is 0 Å². The second kappa shape index (κ2) is 7.00. The van der Waals surface area contributed by atoms with Crippen LogP contribution >= 0.6 is 0 Å². The standard InChI is InChI=1S/C18H19N3O3S/c1-21(15-6-3-2-4-7-15)17-10-9-14(12-18(17)25(19,22)23)20-13-16-8-5-11-24-16/h2-12,20H,13H2,1H3,(H2,19,22,23). The van der Waals surface area contributed by atoms with E-state index in [0.29, 0.717) is 17.9 Å². The maximum atomic E-state index is 12.1. The summed E-state index contributed by atoms with van der Waals surface area (Å²) in [6, 6.07) is 18.2. The molecule has 0 radical (unpaired) electrons. The fraction of sp³-hybridized carbons (Fsp3) is 0.111. The lowest BCUT2D eigenvalue weighted by Gasteiger charge is -2.22. The van der Waals surface area contributed by atoms with Crippen molar-refractivity contribution in [3.05, 3.63) is 72.7 Å². The molecule has 3 aromatic rings. The quantitative estimate of drug-likeness (QED) is 0.706. The van der Waals surface area contributed by atoms with Gasteiger partial charge in [-0.15, -0.1) is 0 Å². The van der Waals surface area contributed by atoms with Crippen molar-refractivity contribution in [2.45, 2.75) is 11.4 Å². The van der Waals surface area contributed by atoms with Crippen molar-refractivity contribution in [3.63, 3.8) is 0 Å². The largest absolute Gasteiger partial charge is 0.467 e. The summed E-state index contributed by atoms with van der Waals surface area (Å²) in [5, 5.41) is 8.57. The summed E-state index contributed by atoms with van der Waals surface area (Å²) in [4.78, 5) is 1.85. The van der Waals surface area contributed by atoms with Gasteiger partial charge in [0.2, 0.25) is 10.0 Å². The normalized spacial score (nSPS) is 11.3. The van der Waals surface area contributed by atoms with Crippen LogP contribution in [0.2, 0.25) is 0 Å². The third kappa shape index (κ3) is 4.01. The topological polar surface area (TPSA) is 88.6 Å². The number of hydrogen-bond acceptors (Lipinski definition) is 5. The zero-order chi connectivity index (χ0) is 17.9. The van der Waals surface area contributed by atoms with E-state index in [2.05, 4.69) is 5.32 Å². The third-order valence-corrected chi connectivity index (χ3v) is 4.76. The summed E-state index contributed by atoms with van der Waals surface area (Å²) < 4.78 is 29.4. The SMILES string of the molecule is CN(c1ccccc1)c1ccc(NCc2ccco2)cc1S(N)(=O)=O. The average molecular weight is 357 g/mol. The number of benzene rings is 2. The van der Waals surface area contributed by atoms with Gasteiger partial charge in [-0.25, -0.2) is 13.6 Å². The fourth-order valence-corrected chi connectivity index (χ4v) is 3.31. The second-order valence-corrected chi connectivity index (χ2v) is 7.08. The number of hydrogen-bond donors (Lipinski definition) is 2. The molecule has 7 heteroatoms. The van der Waals surface area contributed by atoms with E-state index in [9.17, 15) is 8.42 Å². The molecule has 0 saturated carbocycles. The van der Waals surface area contributed by atoms with Crippen molar-refractivity contribution in [2.75, 3.05) is 17.3 Å². The minimum atomic E-state index is -3.89. The highest BCUT2D eigenvalue weighted by Gasteiger charge is 2.18. The lowest BCUT2D eigenvalue weighted by molar-refractivity contribution is 0.518. The summed E-state index contributed by atoms with van der Waals surface area (Å²) in [6.07, 6.45) is 1.59. The van der Waals surface area contributed by atoms with Gasteiger partial charge in [0.15, 0.2) is 0 Å². The van der Waals surface area contributed by atoms with Crippen molar-refractivity contribution < 1.29 is 12.8 Å². The number of sulfonamides is 1. The van der Waals surface area contributed by atoms with Crippen LogP contribution in [0.4, 0.5) is 17.1 Å². The molecule has 0 aliphatic carbocycles. The highest BCUT2D eigenvalue weighted by molar-refractivity contribution is 7.89. The zero-order valence-corrected chi connectivity index (χ0v) is 14.5. The Bertz CT molecular complexity index is 939. The minimum absolute atomic E-state index is 0.0586. The molecule has 1 heterocycles. The van der Waals surface area contributed by atoms with Crippen LogP contribution in [-0.2, 0) is 16.6 Å². The summed E-state index contributed by atoms with van der Waals surface area (Å²) in [5.74, 6) is 0.752. The molecule has 25 heavy (non-hydrogen) atoms. The molecule has 3 N–H and O–H groups in total. The van der Waals surface area contributed by atoms with E-state index >= 15 is 0 Å². The van der Waals surface area contributed by atoms with E-state index in [-0.39, 0.29) is 4.90 Å². The van der Waals surface area contributed by atoms with E-state index in [1.165, 1.54) is 6.07 Å². The van der Waals surface area contributed by atoms with Crippen LogP contribution in [0.15, 0.2) is 76.2 Å². The minimum Gasteiger partial charge on any atom is -0.467 e. The zero-order valence-electron chi connectivity index (χ0n) is 13.7. The number of furan rings is 1. The molecule has 0 atom stereocenters. The number of primary sulfonamides is 1. The molecule has 0 amide bonds. The molecule has 0 fully saturated rings. The predicted molar refractivity (Wildman–Crippen MR) is 98.4 cm³/mol. The van der Waals surface area contributed by atoms with Gasteiger partial charge in [-0.2, -0.15) is 0 Å². The van der Waals surface area contributed by atoms with E-state index in [0.717, 1.165) is 11.4 Å². The number of nitrogens with zero attached hydrogens (tertiary/aromatic N) is 1. The van der Waals surface area contributed by atoms with Crippen LogP contribution in [0.25, 0.3) is 0 Å². The molecule has 0 unspecified atom stereocenters. The molecule has 0 aliphatic heterocycles. The smallest absolute Gasteiger partial charge is 0.240 e. The van der Waals surface area contributed by atoms with Crippen LogP contribution in [0.3, 0.4) is 0 Å². The Labute approximate surface area is 146 Å². The Morgan fingerprint density at radius 3 is 2.48 bits per heavy atom. The van der Waals surface area contributed by atoms with Crippen molar-refractivity contribution in [2.24, 2.45) is 5.14 Å². The first kappa shape index (κ1) is 17.1. The van der Waals surface area contributed by atoms with Crippen LogP contribution in [0.1, 0.15) is 5.76 Å². The Morgan fingerprint density at radius 2 is 1.84 bits per heavy atom. The highest BCUT2D eigenvalue weighted by Crippen LogP contribution is 2.31. The molecule has 0 bridgehead atoms. The number of anilines is 3. The monoisotopic (exact) mass is 357 g/mol. The van der Waals surface area contributed by atoms with Crippen LogP contribution < -0.4 is 15.4 Å². The van der Waals surface area contributed by atoms with Crippen molar-refractivity contribution in [1.29, 1.82) is 0 Å². The van der Waals surface area contributed by atoms with Gasteiger partial charge in [0.1, 0.15) is 10.7 Å². The summed E-state index contributed by atoms with van der Waals surface area (Å²) in [7, 11) is -2.09. The fourth-order valence-electron chi connectivity index (χ4n) is 2.52. The van der Waals surface area contributed by atoms with Gasteiger partial charge in [-0.1, -0.05) is 18.2 Å². The van der Waals surface area contributed by atoms with E-state index in [1.54, 1.807) is 30.3 Å². The molecular formula is C18H19N3O3S. The van der Waals surface area contributed by atoms with E-state index in [1.807, 2.05) is 42.5 Å². The summed E-state index contributed by atoms with van der Waals surface area (Å²) in [6.45, 7) is 0.449. The lowest BCUT2D eigenvalue weighted by atomic mass is 10.2. The van der Waals surface area contributed by atoms with Gasteiger partial charge in [-0.05, 0) is 42.5 Å². The molecular weight excluding hydrogens is 338 g/mol. The first-order valence-corrected chi connectivity index (χ1v) is 9.21. The van der Waals surface area contributed by atoms with Crippen molar-refractivity contribution in [1.82, 2.24) is 0 Å². The summed E-state index contributed by atoms with van der Waals surface area (Å²) >= 11 is 0. The molecule has 0 aliphatic rings. The molecule has 3 rings (SSSR count). The Hall–Kier alpha value is -2.77. The molecule has 6 nitrogen and oxygen atoms in total. The van der Waals surface area contributed by atoms with Gasteiger partial charge in [0.05, 0.1) is 18.5 Å². The average Bonchev–Trinajstić information content (AvgIpc) is 3.13. The highest BCUT2D eigenvalue weighted by atomic mass is 32.2. The Morgan fingerprint density at radius 1 is 1.08 bits per heavy atom. The number of para-hydroxylation sites is 1.